The lowest BCUT2D eigenvalue weighted by Gasteiger charge is -2.11. The summed E-state index contributed by atoms with van der Waals surface area (Å²) in [5.74, 6) is 0.545. The molecule has 0 saturated heterocycles. The Balaban J connectivity index is 2.42. The van der Waals surface area contributed by atoms with Crippen LogP contribution in [0.25, 0.3) is 0 Å². The first kappa shape index (κ1) is 15.0. The van der Waals surface area contributed by atoms with Crippen LogP contribution in [0, 0.1) is 0 Å². The highest BCUT2D eigenvalue weighted by atomic mass is 32.2. The number of rotatable bonds is 7. The van der Waals surface area contributed by atoms with Crippen LogP contribution in [0.2, 0.25) is 0 Å². The summed E-state index contributed by atoms with van der Waals surface area (Å²) < 4.78 is 4.59. The largest absolute Gasteiger partial charge is 0.469 e. The fourth-order valence-electron chi connectivity index (χ4n) is 1.50. The van der Waals surface area contributed by atoms with Crippen LogP contribution < -0.4 is 5.32 Å². The zero-order chi connectivity index (χ0) is 13.4. The van der Waals surface area contributed by atoms with Gasteiger partial charge in [-0.3, -0.25) is 9.78 Å². The molecule has 0 amide bonds. The molecular formula is C13H20N2O2S. The Kier molecular flexibility index (Phi) is 6.75. The summed E-state index contributed by atoms with van der Waals surface area (Å²) in [4.78, 5) is 16.4. The monoisotopic (exact) mass is 268 g/mol. The summed E-state index contributed by atoms with van der Waals surface area (Å²) in [5, 5.41) is 3.32. The van der Waals surface area contributed by atoms with E-state index in [0.717, 1.165) is 22.9 Å². The van der Waals surface area contributed by atoms with Crippen LogP contribution in [0.3, 0.4) is 0 Å². The molecule has 1 aromatic heterocycles. The molecule has 4 nitrogen and oxygen atoms in total. The quantitative estimate of drug-likeness (QED) is 0.608. The van der Waals surface area contributed by atoms with Crippen molar-refractivity contribution >= 4 is 17.7 Å². The summed E-state index contributed by atoms with van der Waals surface area (Å²) in [7, 11) is 1.41. The number of ether oxygens (including phenoxy) is 1. The van der Waals surface area contributed by atoms with E-state index >= 15 is 0 Å². The topological polar surface area (TPSA) is 51.2 Å². The van der Waals surface area contributed by atoms with E-state index in [1.807, 2.05) is 18.3 Å². The minimum Gasteiger partial charge on any atom is -0.469 e. The fourth-order valence-corrected chi connectivity index (χ4v) is 2.29. The number of methoxy groups -OCH3 is 1. The van der Waals surface area contributed by atoms with Gasteiger partial charge in [-0.15, -0.1) is 11.8 Å². The van der Waals surface area contributed by atoms with Gasteiger partial charge >= 0.3 is 5.97 Å². The SMILES string of the molecule is CCNC(C)c1ccc(SCCC(=O)OC)cn1. The standard InChI is InChI=1S/C13H20N2O2S/c1-4-14-10(2)12-6-5-11(9-15-12)18-8-7-13(16)17-3/h5-6,9-10,14H,4,7-8H2,1-3H3. The van der Waals surface area contributed by atoms with Crippen LogP contribution in [-0.2, 0) is 9.53 Å². The molecule has 0 aromatic carbocycles. The van der Waals surface area contributed by atoms with Crippen LogP contribution in [0.4, 0.5) is 0 Å². The molecular weight excluding hydrogens is 248 g/mol. The molecule has 0 bridgehead atoms. The van der Waals surface area contributed by atoms with Crippen LogP contribution in [-0.4, -0.2) is 30.4 Å². The number of carbonyl (C=O) groups is 1. The second-order valence-electron chi connectivity index (χ2n) is 3.87. The second-order valence-corrected chi connectivity index (χ2v) is 5.04. The predicted molar refractivity (Wildman–Crippen MR) is 73.7 cm³/mol. The zero-order valence-electron chi connectivity index (χ0n) is 11.1. The van der Waals surface area contributed by atoms with Crippen molar-refractivity contribution in [3.63, 3.8) is 0 Å². The minimum absolute atomic E-state index is 0.173. The van der Waals surface area contributed by atoms with E-state index in [2.05, 4.69) is 28.9 Å². The molecule has 0 fully saturated rings. The number of pyridine rings is 1. The lowest BCUT2D eigenvalue weighted by molar-refractivity contribution is -0.140. The first-order valence-electron chi connectivity index (χ1n) is 6.06. The summed E-state index contributed by atoms with van der Waals surface area (Å²) in [6, 6.07) is 4.33. The van der Waals surface area contributed by atoms with Crippen LogP contribution >= 0.6 is 11.8 Å². The molecule has 18 heavy (non-hydrogen) atoms. The van der Waals surface area contributed by atoms with Gasteiger partial charge in [-0.25, -0.2) is 0 Å². The van der Waals surface area contributed by atoms with Crippen molar-refractivity contribution in [2.75, 3.05) is 19.4 Å². The first-order chi connectivity index (χ1) is 8.67. The van der Waals surface area contributed by atoms with Crippen molar-refractivity contribution in [2.45, 2.75) is 31.2 Å². The van der Waals surface area contributed by atoms with Gasteiger partial charge in [0.1, 0.15) is 0 Å². The van der Waals surface area contributed by atoms with Crippen molar-refractivity contribution in [3.8, 4) is 0 Å². The molecule has 1 aromatic rings. The Labute approximate surface area is 113 Å². The Hall–Kier alpha value is -1.07. The van der Waals surface area contributed by atoms with Crippen molar-refractivity contribution in [3.05, 3.63) is 24.0 Å². The molecule has 0 aliphatic rings. The molecule has 5 heteroatoms. The van der Waals surface area contributed by atoms with Gasteiger partial charge in [0.05, 0.1) is 19.2 Å². The molecule has 0 radical (unpaired) electrons. The Morgan fingerprint density at radius 1 is 1.56 bits per heavy atom. The van der Waals surface area contributed by atoms with Gasteiger partial charge in [0, 0.05) is 22.9 Å². The summed E-state index contributed by atoms with van der Waals surface area (Å²) >= 11 is 1.61. The highest BCUT2D eigenvalue weighted by molar-refractivity contribution is 7.99. The van der Waals surface area contributed by atoms with Crippen molar-refractivity contribution in [1.29, 1.82) is 0 Å². The maximum atomic E-state index is 11.0. The van der Waals surface area contributed by atoms with Gasteiger partial charge in [-0.05, 0) is 25.6 Å². The number of nitrogens with one attached hydrogen (secondary N) is 1. The molecule has 0 spiro atoms. The van der Waals surface area contributed by atoms with E-state index in [0.29, 0.717) is 6.42 Å². The average Bonchev–Trinajstić information content (AvgIpc) is 2.39. The molecule has 1 heterocycles. The number of thioether (sulfide) groups is 1. The number of aromatic nitrogens is 1. The molecule has 0 aliphatic carbocycles. The molecule has 1 unspecified atom stereocenters. The molecule has 1 N–H and O–H groups in total. The molecule has 100 valence electrons. The highest BCUT2D eigenvalue weighted by Crippen LogP contribution is 2.19. The maximum absolute atomic E-state index is 11.0. The Bertz CT molecular complexity index is 368. The third-order valence-corrected chi connectivity index (χ3v) is 3.50. The Morgan fingerprint density at radius 3 is 2.89 bits per heavy atom. The number of carbonyl (C=O) groups excluding carboxylic acids is 1. The Morgan fingerprint density at radius 2 is 2.33 bits per heavy atom. The molecule has 0 saturated carbocycles. The van der Waals surface area contributed by atoms with Gasteiger partial charge < -0.3 is 10.1 Å². The van der Waals surface area contributed by atoms with Crippen molar-refractivity contribution in [1.82, 2.24) is 10.3 Å². The van der Waals surface area contributed by atoms with Gasteiger partial charge in [0.2, 0.25) is 0 Å². The third-order valence-electron chi connectivity index (χ3n) is 2.52. The lowest BCUT2D eigenvalue weighted by atomic mass is 10.2. The summed E-state index contributed by atoms with van der Waals surface area (Å²) in [5.41, 5.74) is 1.04. The minimum atomic E-state index is -0.173. The molecule has 1 atom stereocenters. The summed E-state index contributed by atoms with van der Waals surface area (Å²) in [6.45, 7) is 5.10. The van der Waals surface area contributed by atoms with E-state index in [4.69, 9.17) is 0 Å². The van der Waals surface area contributed by atoms with E-state index in [1.165, 1.54) is 7.11 Å². The van der Waals surface area contributed by atoms with Crippen molar-refractivity contribution < 1.29 is 9.53 Å². The van der Waals surface area contributed by atoms with E-state index < -0.39 is 0 Å². The maximum Gasteiger partial charge on any atom is 0.306 e. The highest BCUT2D eigenvalue weighted by Gasteiger charge is 2.05. The number of nitrogens with zero attached hydrogens (tertiary/aromatic N) is 1. The number of hydrogen-bond acceptors (Lipinski definition) is 5. The van der Waals surface area contributed by atoms with E-state index in [9.17, 15) is 4.79 Å². The van der Waals surface area contributed by atoms with Gasteiger partial charge in [0.25, 0.3) is 0 Å². The van der Waals surface area contributed by atoms with Crippen LogP contribution in [0.1, 0.15) is 32.0 Å². The molecule has 1 rings (SSSR count). The number of hydrogen-bond donors (Lipinski definition) is 1. The van der Waals surface area contributed by atoms with Gasteiger partial charge in [0.15, 0.2) is 0 Å². The van der Waals surface area contributed by atoms with E-state index in [1.54, 1.807) is 11.8 Å². The normalized spacial score (nSPS) is 12.2. The first-order valence-corrected chi connectivity index (χ1v) is 7.04. The number of esters is 1. The third kappa shape index (κ3) is 5.06. The second kappa shape index (κ2) is 8.11. The van der Waals surface area contributed by atoms with Crippen LogP contribution in [0.15, 0.2) is 23.2 Å². The predicted octanol–water partition coefficient (Wildman–Crippen LogP) is 2.41. The zero-order valence-corrected chi connectivity index (χ0v) is 11.9. The summed E-state index contributed by atoms with van der Waals surface area (Å²) in [6.07, 6.45) is 2.28. The average molecular weight is 268 g/mol. The fraction of sp³-hybridized carbons (Fsp3) is 0.538. The van der Waals surface area contributed by atoms with Crippen molar-refractivity contribution in [2.24, 2.45) is 0 Å². The smallest absolute Gasteiger partial charge is 0.306 e. The van der Waals surface area contributed by atoms with Gasteiger partial charge in [-0.1, -0.05) is 6.92 Å². The van der Waals surface area contributed by atoms with Gasteiger partial charge in [-0.2, -0.15) is 0 Å². The van der Waals surface area contributed by atoms with E-state index in [-0.39, 0.29) is 12.0 Å². The van der Waals surface area contributed by atoms with Crippen LogP contribution in [0.5, 0.6) is 0 Å². The molecule has 0 aliphatic heterocycles. The lowest BCUT2D eigenvalue weighted by Crippen LogP contribution is -2.18.